The Hall–Kier alpha value is -3.92. The number of nitrogens with one attached hydrogen (secondary N) is 3. The molecule has 3 atom stereocenters. The van der Waals surface area contributed by atoms with Crippen LogP contribution in [0.4, 0.5) is 0 Å². The van der Waals surface area contributed by atoms with E-state index in [1.54, 1.807) is 50.2 Å². The fourth-order valence-electron chi connectivity index (χ4n) is 3.38. The van der Waals surface area contributed by atoms with Crippen LogP contribution in [-0.2, 0) is 32.0 Å². The average Bonchev–Trinajstić information content (AvgIpc) is 2.82. The number of carboxylic acid groups (broad SMARTS) is 1. The van der Waals surface area contributed by atoms with Crippen molar-refractivity contribution in [1.82, 2.24) is 16.0 Å². The number of phenols is 1. The molecule has 0 saturated heterocycles. The van der Waals surface area contributed by atoms with Crippen LogP contribution in [0.3, 0.4) is 0 Å². The van der Waals surface area contributed by atoms with E-state index in [9.17, 15) is 24.3 Å². The minimum Gasteiger partial charge on any atom is -0.508 e. The van der Waals surface area contributed by atoms with Crippen LogP contribution >= 0.6 is 0 Å². The molecule has 10 heteroatoms. The van der Waals surface area contributed by atoms with Gasteiger partial charge in [0.1, 0.15) is 24.4 Å². The smallest absolute Gasteiger partial charge is 0.322 e. The largest absolute Gasteiger partial charge is 0.508 e. The quantitative estimate of drug-likeness (QED) is 0.252. The summed E-state index contributed by atoms with van der Waals surface area (Å²) in [6.45, 7) is 2.90. The fraction of sp³-hybridized carbons (Fsp3) is 0.360. The molecule has 0 spiro atoms. The molecule has 0 aromatic heterocycles. The number of amides is 3. The van der Waals surface area contributed by atoms with Gasteiger partial charge in [0, 0.05) is 6.42 Å². The molecular formula is C25H32N4O6. The van der Waals surface area contributed by atoms with E-state index in [0.717, 1.165) is 11.1 Å². The average molecular weight is 485 g/mol. The Kier molecular flexibility index (Phi) is 10.2. The van der Waals surface area contributed by atoms with Crippen LogP contribution in [0.25, 0.3) is 0 Å². The van der Waals surface area contributed by atoms with Crippen LogP contribution in [-0.4, -0.2) is 58.6 Å². The van der Waals surface area contributed by atoms with Crippen molar-refractivity contribution >= 4 is 23.7 Å². The van der Waals surface area contributed by atoms with E-state index >= 15 is 0 Å². The summed E-state index contributed by atoms with van der Waals surface area (Å²) in [5.41, 5.74) is 7.54. The highest BCUT2D eigenvalue weighted by molar-refractivity contribution is 5.94. The van der Waals surface area contributed by atoms with Crippen molar-refractivity contribution in [3.8, 4) is 5.75 Å². The van der Waals surface area contributed by atoms with Crippen molar-refractivity contribution in [2.45, 2.75) is 44.8 Å². The molecule has 2 rings (SSSR count). The molecule has 0 heterocycles. The highest BCUT2D eigenvalue weighted by atomic mass is 16.4. The molecule has 0 fully saturated rings. The van der Waals surface area contributed by atoms with Crippen molar-refractivity contribution in [3.63, 3.8) is 0 Å². The molecule has 10 nitrogen and oxygen atoms in total. The van der Waals surface area contributed by atoms with Gasteiger partial charge in [-0.3, -0.25) is 19.2 Å². The van der Waals surface area contributed by atoms with E-state index in [1.165, 1.54) is 12.1 Å². The topological polar surface area (TPSA) is 171 Å². The lowest BCUT2D eigenvalue weighted by Gasteiger charge is -2.26. The number of phenolic OH excluding ortho intramolecular Hbond substituents is 1. The highest BCUT2D eigenvalue weighted by Gasteiger charge is 2.30. The van der Waals surface area contributed by atoms with Crippen LogP contribution in [0.5, 0.6) is 5.75 Å². The van der Waals surface area contributed by atoms with Crippen molar-refractivity contribution in [3.05, 3.63) is 65.7 Å². The van der Waals surface area contributed by atoms with E-state index in [-0.39, 0.29) is 24.5 Å². The van der Waals surface area contributed by atoms with Crippen LogP contribution < -0.4 is 21.7 Å². The number of carbonyl (C=O) groups is 4. The van der Waals surface area contributed by atoms with Crippen molar-refractivity contribution in [2.75, 3.05) is 6.54 Å². The molecular weight excluding hydrogens is 452 g/mol. The second-order valence-electron chi connectivity index (χ2n) is 8.57. The van der Waals surface area contributed by atoms with Crippen LogP contribution in [0.2, 0.25) is 0 Å². The number of nitrogens with two attached hydrogens (primary N) is 1. The van der Waals surface area contributed by atoms with Gasteiger partial charge in [-0.15, -0.1) is 0 Å². The summed E-state index contributed by atoms with van der Waals surface area (Å²) in [7, 11) is 0. The Morgan fingerprint density at radius 3 is 2.00 bits per heavy atom. The first-order chi connectivity index (χ1) is 16.6. The molecule has 0 bridgehead atoms. The van der Waals surface area contributed by atoms with Crippen molar-refractivity contribution < 1.29 is 29.4 Å². The summed E-state index contributed by atoms with van der Waals surface area (Å²) in [4.78, 5) is 49.3. The number of benzene rings is 2. The molecule has 2 aromatic carbocycles. The van der Waals surface area contributed by atoms with E-state index in [1.807, 2.05) is 6.07 Å². The summed E-state index contributed by atoms with van der Waals surface area (Å²) in [6, 6.07) is 12.3. The Morgan fingerprint density at radius 1 is 0.829 bits per heavy atom. The zero-order valence-corrected chi connectivity index (χ0v) is 19.7. The number of aliphatic carboxylic acids is 1. The molecule has 0 aliphatic carbocycles. The predicted octanol–water partition coefficient (Wildman–Crippen LogP) is 0.331. The lowest BCUT2D eigenvalue weighted by atomic mass is 9.99. The lowest BCUT2D eigenvalue weighted by molar-refractivity contribution is -0.138. The standard InChI is InChI=1S/C25H32N4O6/c1-15(2)22(29-23(33)19(26)12-17-8-10-18(30)11-9-17)25(35)28-20(24(34)27-14-21(31)32)13-16-6-4-3-5-7-16/h3-11,15,19-20,22,30H,12-14,26H2,1-2H3,(H,27,34)(H,28,35)(H,29,33)(H,31,32)/t19-,20-,22-/m0/s1. The summed E-state index contributed by atoms with van der Waals surface area (Å²) in [6.07, 6.45) is 0.337. The molecule has 188 valence electrons. The first-order valence-corrected chi connectivity index (χ1v) is 11.2. The van der Waals surface area contributed by atoms with Gasteiger partial charge < -0.3 is 31.9 Å². The maximum absolute atomic E-state index is 13.1. The third-order valence-electron chi connectivity index (χ3n) is 5.31. The monoisotopic (exact) mass is 484 g/mol. The molecule has 35 heavy (non-hydrogen) atoms. The van der Waals surface area contributed by atoms with Crippen molar-refractivity contribution in [1.29, 1.82) is 0 Å². The first-order valence-electron chi connectivity index (χ1n) is 11.2. The van der Waals surface area contributed by atoms with Gasteiger partial charge in [-0.2, -0.15) is 0 Å². The van der Waals surface area contributed by atoms with Gasteiger partial charge in [0.25, 0.3) is 0 Å². The van der Waals surface area contributed by atoms with E-state index in [0.29, 0.717) is 0 Å². The van der Waals surface area contributed by atoms with Gasteiger partial charge in [0.2, 0.25) is 17.7 Å². The minimum absolute atomic E-state index is 0.0979. The van der Waals surface area contributed by atoms with E-state index < -0.39 is 48.4 Å². The first kappa shape index (κ1) is 27.3. The second kappa shape index (κ2) is 13.1. The highest BCUT2D eigenvalue weighted by Crippen LogP contribution is 2.12. The third kappa shape index (κ3) is 9.09. The van der Waals surface area contributed by atoms with E-state index in [4.69, 9.17) is 10.8 Å². The Labute approximate surface area is 203 Å². The third-order valence-corrected chi connectivity index (χ3v) is 5.31. The summed E-state index contributed by atoms with van der Waals surface area (Å²) in [5, 5.41) is 25.9. The zero-order chi connectivity index (χ0) is 26.0. The maximum Gasteiger partial charge on any atom is 0.322 e. The molecule has 0 radical (unpaired) electrons. The molecule has 0 aliphatic heterocycles. The van der Waals surface area contributed by atoms with E-state index in [2.05, 4.69) is 16.0 Å². The van der Waals surface area contributed by atoms with Crippen LogP contribution in [0, 0.1) is 5.92 Å². The van der Waals surface area contributed by atoms with Crippen LogP contribution in [0.1, 0.15) is 25.0 Å². The zero-order valence-electron chi connectivity index (χ0n) is 19.7. The number of carbonyl (C=O) groups excluding carboxylic acids is 3. The van der Waals surface area contributed by atoms with Gasteiger partial charge in [-0.25, -0.2) is 0 Å². The van der Waals surface area contributed by atoms with Gasteiger partial charge >= 0.3 is 5.97 Å². The number of hydrogen-bond donors (Lipinski definition) is 6. The molecule has 7 N–H and O–H groups in total. The molecule has 0 aliphatic rings. The Bertz CT molecular complexity index is 1010. The Morgan fingerprint density at radius 2 is 1.43 bits per heavy atom. The molecule has 0 unspecified atom stereocenters. The predicted molar refractivity (Wildman–Crippen MR) is 129 cm³/mol. The SMILES string of the molecule is CC(C)[C@H](NC(=O)[C@@H](N)Cc1ccc(O)cc1)C(=O)N[C@@H](Cc1ccccc1)C(=O)NCC(=O)O. The fourth-order valence-corrected chi connectivity index (χ4v) is 3.38. The number of rotatable bonds is 12. The number of carboxylic acids is 1. The molecule has 0 saturated carbocycles. The normalized spacial score (nSPS) is 13.4. The summed E-state index contributed by atoms with van der Waals surface area (Å²) in [5.74, 6) is -3.21. The van der Waals surface area contributed by atoms with Gasteiger partial charge in [-0.05, 0) is 35.6 Å². The number of aromatic hydroxyl groups is 1. The van der Waals surface area contributed by atoms with Gasteiger partial charge in [0.15, 0.2) is 0 Å². The van der Waals surface area contributed by atoms with Gasteiger partial charge in [-0.1, -0.05) is 56.3 Å². The molecule has 2 aromatic rings. The maximum atomic E-state index is 13.1. The second-order valence-corrected chi connectivity index (χ2v) is 8.57. The Balaban J connectivity index is 2.09. The van der Waals surface area contributed by atoms with Crippen molar-refractivity contribution in [2.24, 2.45) is 11.7 Å². The number of hydrogen-bond acceptors (Lipinski definition) is 6. The minimum atomic E-state index is -1.21. The van der Waals surface area contributed by atoms with Gasteiger partial charge in [0.05, 0.1) is 6.04 Å². The summed E-state index contributed by atoms with van der Waals surface area (Å²) >= 11 is 0. The van der Waals surface area contributed by atoms with Crippen LogP contribution in [0.15, 0.2) is 54.6 Å². The lowest BCUT2D eigenvalue weighted by Crippen LogP contribution is -2.58. The molecule has 3 amide bonds. The summed E-state index contributed by atoms with van der Waals surface area (Å²) < 4.78 is 0.